The van der Waals surface area contributed by atoms with E-state index in [9.17, 15) is 13.2 Å². The Labute approximate surface area is 106 Å². The van der Waals surface area contributed by atoms with E-state index in [0.717, 1.165) is 0 Å². The van der Waals surface area contributed by atoms with Gasteiger partial charge in [-0.25, -0.2) is 0 Å². The fraction of sp³-hybridized carbons (Fsp3) is 0.571. The average molecular weight is 259 g/mol. The van der Waals surface area contributed by atoms with Gasteiger partial charge in [-0.3, -0.25) is 0 Å². The number of halogens is 3. The second-order valence-corrected chi connectivity index (χ2v) is 4.98. The van der Waals surface area contributed by atoms with E-state index in [2.05, 4.69) is 5.32 Å². The SMILES string of the molecule is CC(C)C(C)NC(CC(F)(F)F)c1ccccc1. The smallest absolute Gasteiger partial charge is 0.307 e. The van der Waals surface area contributed by atoms with E-state index in [-0.39, 0.29) is 6.04 Å². The monoisotopic (exact) mass is 259 g/mol. The summed E-state index contributed by atoms with van der Waals surface area (Å²) >= 11 is 0. The lowest BCUT2D eigenvalue weighted by molar-refractivity contribution is -0.141. The number of benzene rings is 1. The molecular weight excluding hydrogens is 239 g/mol. The zero-order valence-corrected chi connectivity index (χ0v) is 11.0. The summed E-state index contributed by atoms with van der Waals surface area (Å²) in [5.74, 6) is 0.296. The highest BCUT2D eigenvalue weighted by molar-refractivity contribution is 5.19. The number of nitrogens with one attached hydrogen (secondary N) is 1. The van der Waals surface area contributed by atoms with Crippen LogP contribution in [-0.4, -0.2) is 12.2 Å². The summed E-state index contributed by atoms with van der Waals surface area (Å²) in [6.45, 7) is 5.90. The van der Waals surface area contributed by atoms with Crippen molar-refractivity contribution in [3.63, 3.8) is 0 Å². The fourth-order valence-corrected chi connectivity index (χ4v) is 1.70. The van der Waals surface area contributed by atoms with Gasteiger partial charge < -0.3 is 5.32 Å². The number of rotatable bonds is 5. The normalized spacial score (nSPS) is 15.7. The Morgan fingerprint density at radius 2 is 1.61 bits per heavy atom. The molecule has 1 nitrogen and oxygen atoms in total. The van der Waals surface area contributed by atoms with Crippen molar-refractivity contribution in [3.05, 3.63) is 35.9 Å². The van der Waals surface area contributed by atoms with Crippen LogP contribution in [0.4, 0.5) is 13.2 Å². The van der Waals surface area contributed by atoms with Gasteiger partial charge in [0.2, 0.25) is 0 Å². The third kappa shape index (κ3) is 5.08. The lowest BCUT2D eigenvalue weighted by Crippen LogP contribution is -2.36. The molecule has 0 aliphatic rings. The summed E-state index contributed by atoms with van der Waals surface area (Å²) in [6.07, 6.45) is -5.00. The van der Waals surface area contributed by atoms with Gasteiger partial charge in [-0.15, -0.1) is 0 Å². The third-order valence-corrected chi connectivity index (χ3v) is 3.10. The zero-order valence-electron chi connectivity index (χ0n) is 11.0. The van der Waals surface area contributed by atoms with Gasteiger partial charge in [0.15, 0.2) is 0 Å². The largest absolute Gasteiger partial charge is 0.390 e. The van der Waals surface area contributed by atoms with Crippen LogP contribution in [0.1, 0.15) is 38.8 Å². The third-order valence-electron chi connectivity index (χ3n) is 3.10. The molecule has 18 heavy (non-hydrogen) atoms. The molecular formula is C14H20F3N. The molecule has 0 amide bonds. The summed E-state index contributed by atoms with van der Waals surface area (Å²) in [5.41, 5.74) is 0.683. The minimum atomic E-state index is -4.16. The van der Waals surface area contributed by atoms with Crippen LogP contribution in [0.15, 0.2) is 30.3 Å². The maximum Gasteiger partial charge on any atom is 0.390 e. The summed E-state index contributed by atoms with van der Waals surface area (Å²) in [6, 6.07) is 8.16. The molecule has 1 rings (SSSR count). The molecule has 0 aliphatic heterocycles. The maximum atomic E-state index is 12.6. The Hall–Kier alpha value is -1.03. The molecule has 2 unspecified atom stereocenters. The summed E-state index contributed by atoms with van der Waals surface area (Å²) in [4.78, 5) is 0. The number of hydrogen-bond acceptors (Lipinski definition) is 1. The quantitative estimate of drug-likeness (QED) is 0.830. The number of hydrogen-bond donors (Lipinski definition) is 1. The van der Waals surface area contributed by atoms with Gasteiger partial charge in [0.25, 0.3) is 0 Å². The van der Waals surface area contributed by atoms with Gasteiger partial charge in [-0.2, -0.15) is 13.2 Å². The molecule has 102 valence electrons. The molecule has 0 radical (unpaired) electrons. The van der Waals surface area contributed by atoms with Crippen molar-refractivity contribution in [2.24, 2.45) is 5.92 Å². The zero-order chi connectivity index (χ0) is 13.8. The van der Waals surface area contributed by atoms with Crippen LogP contribution < -0.4 is 5.32 Å². The predicted molar refractivity (Wildman–Crippen MR) is 67.3 cm³/mol. The Morgan fingerprint density at radius 1 is 1.06 bits per heavy atom. The average Bonchev–Trinajstić information content (AvgIpc) is 2.27. The number of alkyl halides is 3. The van der Waals surface area contributed by atoms with E-state index in [4.69, 9.17) is 0 Å². The van der Waals surface area contributed by atoms with Gasteiger partial charge >= 0.3 is 6.18 Å². The van der Waals surface area contributed by atoms with Crippen LogP contribution in [0.2, 0.25) is 0 Å². The Balaban J connectivity index is 2.82. The van der Waals surface area contributed by atoms with Crippen LogP contribution in [-0.2, 0) is 0 Å². The first-order valence-electron chi connectivity index (χ1n) is 6.17. The summed E-state index contributed by atoms with van der Waals surface area (Å²) in [7, 11) is 0. The van der Waals surface area contributed by atoms with Gasteiger partial charge in [0.1, 0.15) is 0 Å². The minimum Gasteiger partial charge on any atom is -0.307 e. The van der Waals surface area contributed by atoms with E-state index in [0.29, 0.717) is 11.5 Å². The van der Waals surface area contributed by atoms with Crippen molar-refractivity contribution in [2.75, 3.05) is 0 Å². The lowest BCUT2D eigenvalue weighted by atomic mass is 9.99. The molecule has 1 N–H and O–H groups in total. The molecule has 0 spiro atoms. The van der Waals surface area contributed by atoms with Crippen LogP contribution >= 0.6 is 0 Å². The van der Waals surface area contributed by atoms with Crippen molar-refractivity contribution in [2.45, 2.75) is 45.5 Å². The summed E-state index contributed by atoms with van der Waals surface area (Å²) < 4.78 is 37.8. The molecule has 0 fully saturated rings. The lowest BCUT2D eigenvalue weighted by Gasteiger charge is -2.27. The fourth-order valence-electron chi connectivity index (χ4n) is 1.70. The van der Waals surface area contributed by atoms with Crippen molar-refractivity contribution in [1.29, 1.82) is 0 Å². The second kappa shape index (κ2) is 6.23. The molecule has 0 aromatic heterocycles. The Bertz CT molecular complexity index is 346. The molecule has 2 atom stereocenters. The molecule has 1 aromatic rings. The molecule has 0 heterocycles. The predicted octanol–water partition coefficient (Wildman–Crippen LogP) is 4.31. The van der Waals surface area contributed by atoms with Gasteiger partial charge in [0.05, 0.1) is 6.42 Å². The second-order valence-electron chi connectivity index (χ2n) is 4.98. The molecule has 1 aromatic carbocycles. The van der Waals surface area contributed by atoms with E-state index in [1.165, 1.54) is 0 Å². The van der Waals surface area contributed by atoms with Crippen LogP contribution in [0.5, 0.6) is 0 Å². The van der Waals surface area contributed by atoms with Gasteiger partial charge in [0, 0.05) is 12.1 Å². The van der Waals surface area contributed by atoms with E-state index in [1.54, 1.807) is 30.3 Å². The van der Waals surface area contributed by atoms with Crippen LogP contribution in [0.25, 0.3) is 0 Å². The van der Waals surface area contributed by atoms with Crippen molar-refractivity contribution in [3.8, 4) is 0 Å². The standard InChI is InChI=1S/C14H20F3N/c1-10(2)11(3)18-13(9-14(15,16)17)12-7-5-4-6-8-12/h4-8,10-11,13,18H,9H2,1-3H3. The van der Waals surface area contributed by atoms with Crippen LogP contribution in [0, 0.1) is 5.92 Å². The molecule has 0 bridgehead atoms. The van der Waals surface area contributed by atoms with Crippen molar-refractivity contribution >= 4 is 0 Å². The maximum absolute atomic E-state index is 12.6. The highest BCUT2D eigenvalue weighted by atomic mass is 19.4. The highest BCUT2D eigenvalue weighted by Gasteiger charge is 2.33. The van der Waals surface area contributed by atoms with Crippen molar-refractivity contribution in [1.82, 2.24) is 5.32 Å². The first kappa shape index (κ1) is 15.0. The van der Waals surface area contributed by atoms with E-state index < -0.39 is 18.6 Å². The van der Waals surface area contributed by atoms with E-state index >= 15 is 0 Å². The van der Waals surface area contributed by atoms with E-state index in [1.807, 2.05) is 20.8 Å². The Morgan fingerprint density at radius 3 is 2.06 bits per heavy atom. The molecule has 0 saturated carbocycles. The van der Waals surface area contributed by atoms with Gasteiger partial charge in [-0.1, -0.05) is 44.2 Å². The molecule has 0 aliphatic carbocycles. The van der Waals surface area contributed by atoms with Crippen molar-refractivity contribution < 1.29 is 13.2 Å². The summed E-state index contributed by atoms with van der Waals surface area (Å²) in [5, 5.41) is 3.07. The molecule has 0 saturated heterocycles. The van der Waals surface area contributed by atoms with Gasteiger partial charge in [-0.05, 0) is 18.4 Å². The highest BCUT2D eigenvalue weighted by Crippen LogP contribution is 2.30. The Kier molecular flexibility index (Phi) is 5.20. The molecule has 4 heteroatoms. The topological polar surface area (TPSA) is 12.0 Å². The first-order valence-corrected chi connectivity index (χ1v) is 6.17. The van der Waals surface area contributed by atoms with Crippen LogP contribution in [0.3, 0.4) is 0 Å². The first-order chi connectivity index (χ1) is 8.29. The minimum absolute atomic E-state index is 0.0394.